The summed E-state index contributed by atoms with van der Waals surface area (Å²) >= 11 is 0. The van der Waals surface area contributed by atoms with Crippen LogP contribution in [-0.2, 0) is 18.3 Å². The Kier molecular flexibility index (Phi) is 4.90. The number of carbonyl (C=O) groups excluding carboxylic acids is 1. The molecular weight excluding hydrogens is 292 g/mol. The van der Waals surface area contributed by atoms with Gasteiger partial charge in [0.05, 0.1) is 12.6 Å². The summed E-state index contributed by atoms with van der Waals surface area (Å²) in [6, 6.07) is 0.138. The van der Waals surface area contributed by atoms with Crippen LogP contribution in [0, 0.1) is 5.41 Å². The van der Waals surface area contributed by atoms with Gasteiger partial charge >= 0.3 is 6.03 Å². The third kappa shape index (κ3) is 3.22. The van der Waals surface area contributed by atoms with Crippen LogP contribution in [0.15, 0.2) is 12.4 Å². The molecule has 0 saturated heterocycles. The molecule has 0 radical (unpaired) electrons. The lowest BCUT2D eigenvalue weighted by atomic mass is 9.55. The van der Waals surface area contributed by atoms with E-state index in [1.54, 1.807) is 6.20 Å². The average Bonchev–Trinajstić information content (AvgIpc) is 2.98. The van der Waals surface area contributed by atoms with Crippen LogP contribution in [0.3, 0.4) is 0 Å². The van der Waals surface area contributed by atoms with Gasteiger partial charge in [-0.1, -0.05) is 19.3 Å². The number of urea groups is 1. The van der Waals surface area contributed by atoms with E-state index < -0.39 is 0 Å². The quantitative estimate of drug-likeness (QED) is 0.875. The summed E-state index contributed by atoms with van der Waals surface area (Å²) < 4.78 is 7.85. The van der Waals surface area contributed by atoms with Crippen molar-refractivity contribution in [2.45, 2.75) is 64.1 Å². The number of aromatic nitrogens is 2. The second-order valence-electron chi connectivity index (χ2n) is 6.81. The van der Waals surface area contributed by atoms with Gasteiger partial charge in [0.15, 0.2) is 0 Å². The number of carbonyl (C=O) groups is 1. The van der Waals surface area contributed by atoms with Gasteiger partial charge in [-0.25, -0.2) is 9.78 Å². The number of hydrogen-bond donors (Lipinski definition) is 2. The number of amides is 2. The van der Waals surface area contributed by atoms with E-state index in [-0.39, 0.29) is 17.5 Å². The molecule has 1 spiro atoms. The summed E-state index contributed by atoms with van der Waals surface area (Å²) in [6.07, 6.45) is 11.0. The van der Waals surface area contributed by atoms with Crippen molar-refractivity contribution in [1.82, 2.24) is 20.2 Å². The summed E-state index contributed by atoms with van der Waals surface area (Å²) in [6.45, 7) is 3.26. The summed E-state index contributed by atoms with van der Waals surface area (Å²) in [5, 5.41) is 6.10. The van der Waals surface area contributed by atoms with Crippen LogP contribution in [-0.4, -0.2) is 34.3 Å². The monoisotopic (exact) mass is 320 g/mol. The Balaban J connectivity index is 1.54. The van der Waals surface area contributed by atoms with E-state index in [2.05, 4.69) is 22.5 Å². The van der Waals surface area contributed by atoms with Crippen molar-refractivity contribution in [1.29, 1.82) is 0 Å². The Bertz CT molecular complexity index is 536. The molecule has 23 heavy (non-hydrogen) atoms. The highest BCUT2D eigenvalue weighted by molar-refractivity contribution is 5.74. The fourth-order valence-corrected chi connectivity index (χ4v) is 4.20. The van der Waals surface area contributed by atoms with Gasteiger partial charge in [0.25, 0.3) is 0 Å². The Labute approximate surface area is 138 Å². The lowest BCUT2D eigenvalue weighted by Gasteiger charge is -2.57. The number of ether oxygens (including phenoxy) is 1. The third-order valence-electron chi connectivity index (χ3n) is 5.57. The van der Waals surface area contributed by atoms with Crippen LogP contribution >= 0.6 is 0 Å². The van der Waals surface area contributed by atoms with Gasteiger partial charge in [-0.2, -0.15) is 0 Å². The Morgan fingerprint density at radius 1 is 1.43 bits per heavy atom. The number of aryl methyl sites for hydroxylation is 1. The van der Waals surface area contributed by atoms with Crippen molar-refractivity contribution in [3.8, 4) is 0 Å². The number of nitrogens with zero attached hydrogens (tertiary/aromatic N) is 2. The summed E-state index contributed by atoms with van der Waals surface area (Å²) in [5.41, 5.74) is 0.162. The molecule has 2 amide bonds. The maximum Gasteiger partial charge on any atom is 0.315 e. The predicted octanol–water partition coefficient (Wildman–Crippen LogP) is 2.35. The standard InChI is InChI=1S/C17H28N4O2/c1-3-23-14-11-13(17(14)7-5-4-6-8-17)20-16(22)19-12-15-18-9-10-21(15)2/h9-10,13-14H,3-8,11-12H2,1-2H3,(H2,19,20,22)/t13-,14+/m0/s1. The fraction of sp³-hybridized carbons (Fsp3) is 0.765. The molecule has 3 rings (SSSR count). The minimum Gasteiger partial charge on any atom is -0.378 e. The molecule has 2 saturated carbocycles. The van der Waals surface area contributed by atoms with Crippen LogP contribution in [0.1, 0.15) is 51.3 Å². The van der Waals surface area contributed by atoms with E-state index in [0.717, 1.165) is 18.9 Å². The van der Waals surface area contributed by atoms with E-state index >= 15 is 0 Å². The molecule has 2 aliphatic carbocycles. The molecule has 128 valence electrons. The van der Waals surface area contributed by atoms with Crippen LogP contribution in [0.25, 0.3) is 0 Å². The highest BCUT2D eigenvalue weighted by atomic mass is 16.5. The molecule has 2 atom stereocenters. The van der Waals surface area contributed by atoms with Gasteiger partial charge in [0.1, 0.15) is 5.82 Å². The molecule has 6 heteroatoms. The molecule has 0 bridgehead atoms. The molecule has 2 fully saturated rings. The lowest BCUT2D eigenvalue weighted by molar-refractivity contribution is -0.146. The number of imidazole rings is 1. The van der Waals surface area contributed by atoms with E-state index in [4.69, 9.17) is 4.74 Å². The minimum atomic E-state index is -0.0992. The van der Waals surface area contributed by atoms with Gasteiger partial charge in [0, 0.05) is 37.5 Å². The lowest BCUT2D eigenvalue weighted by Crippen LogP contribution is -2.66. The summed E-state index contributed by atoms with van der Waals surface area (Å²) in [4.78, 5) is 16.5. The van der Waals surface area contributed by atoms with Crippen molar-refractivity contribution in [2.75, 3.05) is 6.61 Å². The first-order chi connectivity index (χ1) is 11.2. The van der Waals surface area contributed by atoms with Crippen LogP contribution < -0.4 is 10.6 Å². The first-order valence-electron chi connectivity index (χ1n) is 8.78. The third-order valence-corrected chi connectivity index (χ3v) is 5.57. The predicted molar refractivity (Wildman–Crippen MR) is 87.9 cm³/mol. The SMILES string of the molecule is CCO[C@@H]1C[C@H](NC(=O)NCc2nccn2C)C12CCCCC2. The smallest absolute Gasteiger partial charge is 0.315 e. The number of hydrogen-bond acceptors (Lipinski definition) is 3. The topological polar surface area (TPSA) is 68.2 Å². The van der Waals surface area contributed by atoms with Gasteiger partial charge in [-0.3, -0.25) is 0 Å². The van der Waals surface area contributed by atoms with Crippen molar-refractivity contribution < 1.29 is 9.53 Å². The van der Waals surface area contributed by atoms with Crippen molar-refractivity contribution in [2.24, 2.45) is 12.5 Å². The molecule has 1 aromatic rings. The van der Waals surface area contributed by atoms with Gasteiger partial charge in [-0.05, 0) is 26.2 Å². The zero-order valence-electron chi connectivity index (χ0n) is 14.2. The number of rotatable bonds is 5. The van der Waals surface area contributed by atoms with E-state index in [1.807, 2.05) is 17.8 Å². The first kappa shape index (κ1) is 16.3. The maximum atomic E-state index is 12.2. The molecule has 6 nitrogen and oxygen atoms in total. The maximum absolute atomic E-state index is 12.2. The molecule has 0 unspecified atom stereocenters. The second-order valence-corrected chi connectivity index (χ2v) is 6.81. The summed E-state index contributed by atoms with van der Waals surface area (Å²) in [7, 11) is 1.93. The normalized spacial score (nSPS) is 25.8. The molecular formula is C17H28N4O2. The van der Waals surface area contributed by atoms with E-state index in [9.17, 15) is 4.79 Å². The molecule has 1 heterocycles. The molecule has 0 aliphatic heterocycles. The zero-order chi connectivity index (χ0) is 16.3. The van der Waals surface area contributed by atoms with Gasteiger partial charge in [0.2, 0.25) is 0 Å². The Hall–Kier alpha value is -1.56. The molecule has 2 N–H and O–H groups in total. The van der Waals surface area contributed by atoms with E-state index in [0.29, 0.717) is 12.6 Å². The van der Waals surface area contributed by atoms with Gasteiger partial charge in [-0.15, -0.1) is 0 Å². The molecule has 0 aromatic carbocycles. The average molecular weight is 320 g/mol. The fourth-order valence-electron chi connectivity index (χ4n) is 4.20. The van der Waals surface area contributed by atoms with Gasteiger partial charge < -0.3 is 19.9 Å². The zero-order valence-corrected chi connectivity index (χ0v) is 14.2. The van der Waals surface area contributed by atoms with E-state index in [1.165, 1.54) is 32.1 Å². The highest BCUT2D eigenvalue weighted by Crippen LogP contribution is 2.53. The Morgan fingerprint density at radius 3 is 2.87 bits per heavy atom. The molecule has 2 aliphatic rings. The van der Waals surface area contributed by atoms with Crippen LogP contribution in [0.2, 0.25) is 0 Å². The Morgan fingerprint density at radius 2 is 2.22 bits per heavy atom. The summed E-state index contributed by atoms with van der Waals surface area (Å²) in [5.74, 6) is 0.855. The molecule has 1 aromatic heterocycles. The minimum absolute atomic E-state index is 0.0992. The van der Waals surface area contributed by atoms with Crippen LogP contribution in [0.5, 0.6) is 0 Å². The first-order valence-corrected chi connectivity index (χ1v) is 8.78. The van der Waals surface area contributed by atoms with Crippen molar-refractivity contribution in [3.63, 3.8) is 0 Å². The van der Waals surface area contributed by atoms with Crippen molar-refractivity contribution >= 4 is 6.03 Å². The number of nitrogens with one attached hydrogen (secondary N) is 2. The van der Waals surface area contributed by atoms with Crippen molar-refractivity contribution in [3.05, 3.63) is 18.2 Å². The van der Waals surface area contributed by atoms with Crippen LogP contribution in [0.4, 0.5) is 4.79 Å². The second kappa shape index (κ2) is 6.91. The largest absolute Gasteiger partial charge is 0.378 e. The highest BCUT2D eigenvalue weighted by Gasteiger charge is 2.56.